The molecule has 15 nitrogen and oxygen atoms in total. The first kappa shape index (κ1) is 32.3. The standard InChI is InChI=1S/C25H44O15/c1-9-22(12(27)5-16(29)34-9)38-17-6-13(28)23(10(2)35-17)39-18-7-14(33-4)24(11(3)36-18)40-25-21(32)20(31)19(30)15(8-26)37-25/h9-32H,5-8H2,1-4H3/t9-,10-,11-,12+,13+,14-,15-,16?,17+,18+,19-,20+,21-,22-,23-,24-,25+/m1/s1. The van der Waals surface area contributed by atoms with Crippen molar-refractivity contribution < 1.29 is 73.6 Å². The first-order valence-electron chi connectivity index (χ1n) is 13.7. The Bertz CT molecular complexity index is 765. The Morgan fingerprint density at radius 3 is 1.73 bits per heavy atom. The summed E-state index contributed by atoms with van der Waals surface area (Å²) in [6, 6.07) is 0. The molecule has 0 aromatic carbocycles. The monoisotopic (exact) mass is 584 g/mol. The van der Waals surface area contributed by atoms with Crippen molar-refractivity contribution in [2.45, 2.75) is 145 Å². The van der Waals surface area contributed by atoms with Gasteiger partial charge in [-0.15, -0.1) is 0 Å². The summed E-state index contributed by atoms with van der Waals surface area (Å²) in [4.78, 5) is 0. The van der Waals surface area contributed by atoms with Crippen LogP contribution in [-0.2, 0) is 37.9 Å². The molecule has 7 N–H and O–H groups in total. The second-order valence-corrected chi connectivity index (χ2v) is 11.0. The van der Waals surface area contributed by atoms with Crippen LogP contribution >= 0.6 is 0 Å². The van der Waals surface area contributed by atoms with E-state index in [1.807, 2.05) is 0 Å². The first-order valence-corrected chi connectivity index (χ1v) is 13.7. The molecule has 4 aliphatic rings. The molecule has 4 rings (SSSR count). The van der Waals surface area contributed by atoms with Gasteiger partial charge in [0.1, 0.15) is 42.7 Å². The van der Waals surface area contributed by atoms with Crippen molar-refractivity contribution in [3.8, 4) is 0 Å². The van der Waals surface area contributed by atoms with E-state index in [1.54, 1.807) is 20.8 Å². The second-order valence-electron chi connectivity index (χ2n) is 11.0. The molecule has 0 bridgehead atoms. The summed E-state index contributed by atoms with van der Waals surface area (Å²) < 4.78 is 46.2. The number of hydrogen-bond donors (Lipinski definition) is 7. The summed E-state index contributed by atoms with van der Waals surface area (Å²) >= 11 is 0. The molecule has 4 fully saturated rings. The van der Waals surface area contributed by atoms with Crippen molar-refractivity contribution in [1.82, 2.24) is 0 Å². The Morgan fingerprint density at radius 2 is 1.18 bits per heavy atom. The van der Waals surface area contributed by atoms with E-state index < -0.39 is 111 Å². The predicted molar refractivity (Wildman–Crippen MR) is 130 cm³/mol. The third-order valence-corrected chi connectivity index (χ3v) is 7.98. The molecule has 15 heteroatoms. The van der Waals surface area contributed by atoms with Gasteiger partial charge in [0.15, 0.2) is 25.2 Å². The van der Waals surface area contributed by atoms with Gasteiger partial charge >= 0.3 is 0 Å². The molecule has 40 heavy (non-hydrogen) atoms. The topological polar surface area (TPSA) is 215 Å². The highest BCUT2D eigenvalue weighted by molar-refractivity contribution is 4.92. The Balaban J connectivity index is 1.32. The zero-order valence-corrected chi connectivity index (χ0v) is 23.0. The number of aliphatic hydroxyl groups is 7. The minimum absolute atomic E-state index is 0.00450. The van der Waals surface area contributed by atoms with Crippen LogP contribution in [-0.4, -0.2) is 154 Å². The quantitative estimate of drug-likeness (QED) is 0.152. The lowest BCUT2D eigenvalue weighted by atomic mass is 9.98. The van der Waals surface area contributed by atoms with Crippen molar-refractivity contribution in [3.05, 3.63) is 0 Å². The Kier molecular flexibility index (Phi) is 11.1. The fraction of sp³-hybridized carbons (Fsp3) is 1.00. The van der Waals surface area contributed by atoms with Gasteiger partial charge in [0.05, 0.1) is 43.2 Å². The molecule has 17 atom stereocenters. The van der Waals surface area contributed by atoms with Gasteiger partial charge in [0.2, 0.25) is 0 Å². The Hall–Kier alpha value is -0.600. The van der Waals surface area contributed by atoms with E-state index in [2.05, 4.69) is 0 Å². The molecule has 4 heterocycles. The largest absolute Gasteiger partial charge is 0.394 e. The zero-order chi connectivity index (χ0) is 29.3. The van der Waals surface area contributed by atoms with Crippen molar-refractivity contribution in [2.24, 2.45) is 0 Å². The van der Waals surface area contributed by atoms with E-state index in [0.717, 1.165) is 0 Å². The number of ether oxygens (including phenoxy) is 8. The van der Waals surface area contributed by atoms with Crippen LogP contribution in [0.4, 0.5) is 0 Å². The summed E-state index contributed by atoms with van der Waals surface area (Å²) in [6.45, 7) is 4.51. The maximum absolute atomic E-state index is 10.9. The van der Waals surface area contributed by atoms with E-state index in [9.17, 15) is 35.7 Å². The van der Waals surface area contributed by atoms with Crippen molar-refractivity contribution in [3.63, 3.8) is 0 Å². The third-order valence-electron chi connectivity index (χ3n) is 7.98. The van der Waals surface area contributed by atoms with Crippen LogP contribution in [0.15, 0.2) is 0 Å². The van der Waals surface area contributed by atoms with Crippen LogP contribution in [0.25, 0.3) is 0 Å². The van der Waals surface area contributed by atoms with E-state index in [0.29, 0.717) is 0 Å². The van der Waals surface area contributed by atoms with Crippen LogP contribution in [0.1, 0.15) is 40.0 Å². The van der Waals surface area contributed by atoms with Crippen LogP contribution < -0.4 is 0 Å². The van der Waals surface area contributed by atoms with Gasteiger partial charge in [0.25, 0.3) is 0 Å². The molecule has 0 aliphatic carbocycles. The number of methoxy groups -OCH3 is 1. The number of rotatable bonds is 8. The third kappa shape index (κ3) is 7.12. The average Bonchev–Trinajstić information content (AvgIpc) is 2.89. The fourth-order valence-corrected chi connectivity index (χ4v) is 5.74. The summed E-state index contributed by atoms with van der Waals surface area (Å²) in [5, 5.41) is 70.7. The summed E-state index contributed by atoms with van der Waals surface area (Å²) in [7, 11) is 1.47. The molecular weight excluding hydrogens is 540 g/mol. The molecule has 0 aromatic rings. The molecule has 0 spiro atoms. The lowest BCUT2D eigenvalue weighted by Gasteiger charge is -2.46. The Labute approximate surface area is 232 Å². The van der Waals surface area contributed by atoms with E-state index in [1.165, 1.54) is 7.11 Å². The van der Waals surface area contributed by atoms with Gasteiger partial charge < -0.3 is 73.6 Å². The predicted octanol–water partition coefficient (Wildman–Crippen LogP) is -2.92. The highest BCUT2D eigenvalue weighted by Gasteiger charge is 2.49. The average molecular weight is 585 g/mol. The Morgan fingerprint density at radius 1 is 0.625 bits per heavy atom. The van der Waals surface area contributed by atoms with Crippen molar-refractivity contribution in [2.75, 3.05) is 13.7 Å². The molecule has 234 valence electrons. The van der Waals surface area contributed by atoms with Gasteiger partial charge in [-0.05, 0) is 20.8 Å². The summed E-state index contributed by atoms with van der Waals surface area (Å²) in [5.74, 6) is 0. The molecule has 0 saturated carbocycles. The molecule has 1 unspecified atom stereocenters. The summed E-state index contributed by atoms with van der Waals surface area (Å²) in [6.07, 6.45) is -16.3. The zero-order valence-electron chi connectivity index (χ0n) is 23.0. The van der Waals surface area contributed by atoms with E-state index in [-0.39, 0.29) is 19.3 Å². The minimum Gasteiger partial charge on any atom is -0.394 e. The summed E-state index contributed by atoms with van der Waals surface area (Å²) in [5.41, 5.74) is 0. The molecule has 4 aliphatic heterocycles. The normalized spacial score (nSPS) is 52.4. The van der Waals surface area contributed by atoms with E-state index in [4.69, 9.17) is 37.9 Å². The molecule has 0 radical (unpaired) electrons. The lowest BCUT2D eigenvalue weighted by molar-refractivity contribution is -0.355. The van der Waals surface area contributed by atoms with Crippen molar-refractivity contribution in [1.29, 1.82) is 0 Å². The molecular formula is C25H44O15. The lowest BCUT2D eigenvalue weighted by Crippen LogP contribution is -2.62. The SMILES string of the molecule is CO[C@@H]1C[C@H](O[C@H]2[C@@H](O)C[C@H](O[C@H]3[C@@H](O)CC(O)O[C@@H]3C)O[C@@H]2C)O[C@H](C)[C@H]1O[C@@H]1O[C@H](CO)[C@@H](O)[C@H](O)[C@H]1O. The molecule has 0 amide bonds. The number of hydrogen-bond acceptors (Lipinski definition) is 15. The fourth-order valence-electron chi connectivity index (χ4n) is 5.74. The van der Waals surface area contributed by atoms with Crippen LogP contribution in [0, 0.1) is 0 Å². The van der Waals surface area contributed by atoms with Crippen LogP contribution in [0.2, 0.25) is 0 Å². The van der Waals surface area contributed by atoms with Gasteiger partial charge in [-0.25, -0.2) is 0 Å². The van der Waals surface area contributed by atoms with Gasteiger partial charge in [0, 0.05) is 26.4 Å². The second kappa shape index (κ2) is 13.8. The molecule has 0 aromatic heterocycles. The highest BCUT2D eigenvalue weighted by Crippen LogP contribution is 2.34. The van der Waals surface area contributed by atoms with Crippen LogP contribution in [0.3, 0.4) is 0 Å². The van der Waals surface area contributed by atoms with Crippen LogP contribution in [0.5, 0.6) is 0 Å². The maximum atomic E-state index is 10.9. The highest BCUT2D eigenvalue weighted by atomic mass is 16.8. The van der Waals surface area contributed by atoms with E-state index >= 15 is 0 Å². The van der Waals surface area contributed by atoms with Gasteiger partial charge in [-0.2, -0.15) is 0 Å². The molecule has 4 saturated heterocycles. The smallest absolute Gasteiger partial charge is 0.187 e. The van der Waals surface area contributed by atoms with Gasteiger partial charge in [-0.3, -0.25) is 0 Å². The number of aliphatic hydroxyl groups excluding tert-OH is 7. The van der Waals surface area contributed by atoms with Gasteiger partial charge in [-0.1, -0.05) is 0 Å². The van der Waals surface area contributed by atoms with Crippen molar-refractivity contribution >= 4 is 0 Å². The first-order chi connectivity index (χ1) is 18.9. The minimum atomic E-state index is -1.58. The maximum Gasteiger partial charge on any atom is 0.187 e.